The molecule has 1 saturated heterocycles. The van der Waals surface area contributed by atoms with Crippen molar-refractivity contribution in [2.24, 2.45) is 11.8 Å². The lowest BCUT2D eigenvalue weighted by molar-refractivity contribution is -0.340. The molecule has 0 bridgehead atoms. The van der Waals surface area contributed by atoms with Crippen molar-refractivity contribution in [2.75, 3.05) is 20.3 Å². The van der Waals surface area contributed by atoms with Gasteiger partial charge in [-0.2, -0.15) is 0 Å². The molecule has 28 heavy (non-hydrogen) atoms. The van der Waals surface area contributed by atoms with E-state index in [1.807, 2.05) is 0 Å². The van der Waals surface area contributed by atoms with Crippen molar-refractivity contribution >= 4 is 5.97 Å². The van der Waals surface area contributed by atoms with Crippen molar-refractivity contribution in [3.63, 3.8) is 0 Å². The predicted octanol–water partition coefficient (Wildman–Crippen LogP) is -3.26. The van der Waals surface area contributed by atoms with Gasteiger partial charge in [0.05, 0.1) is 44.2 Å². The van der Waals surface area contributed by atoms with Gasteiger partial charge in [-0.3, -0.25) is 0 Å². The molecule has 9 atom stereocenters. The Morgan fingerprint density at radius 2 is 1.79 bits per heavy atom. The lowest BCUT2D eigenvalue weighted by Gasteiger charge is -2.43. The van der Waals surface area contributed by atoms with Crippen molar-refractivity contribution in [3.05, 3.63) is 23.5 Å². The van der Waals surface area contributed by atoms with Gasteiger partial charge in [0.2, 0.25) is 6.29 Å². The van der Waals surface area contributed by atoms with Crippen molar-refractivity contribution in [1.82, 2.24) is 0 Å². The second-order valence-corrected chi connectivity index (χ2v) is 6.84. The smallest absolute Gasteiger partial charge is 0.337 e. The first-order chi connectivity index (χ1) is 13.3. The van der Waals surface area contributed by atoms with Gasteiger partial charge in [0, 0.05) is 5.92 Å². The average Bonchev–Trinajstić information content (AvgIpc) is 3.05. The number of esters is 1. The van der Waals surface area contributed by atoms with Crippen LogP contribution in [0.1, 0.15) is 0 Å². The van der Waals surface area contributed by atoms with Gasteiger partial charge in [0.25, 0.3) is 0 Å². The molecule has 2 heterocycles. The zero-order valence-corrected chi connectivity index (χ0v) is 15.0. The molecule has 0 aromatic rings. The first-order valence-corrected chi connectivity index (χ1v) is 8.73. The largest absolute Gasteiger partial charge is 0.471 e. The highest BCUT2D eigenvalue weighted by molar-refractivity contribution is 5.89. The summed E-state index contributed by atoms with van der Waals surface area (Å²) in [7, 11) is 1.18. The van der Waals surface area contributed by atoms with Gasteiger partial charge in [-0.25, -0.2) is 4.79 Å². The van der Waals surface area contributed by atoms with Crippen LogP contribution in [0.5, 0.6) is 0 Å². The summed E-state index contributed by atoms with van der Waals surface area (Å²) in [6.45, 7) is -1.07. The lowest BCUT2D eigenvalue weighted by Crippen LogP contribution is -2.60. The van der Waals surface area contributed by atoms with Crippen molar-refractivity contribution < 1.29 is 54.4 Å². The fraction of sp³-hybridized carbons (Fsp3) is 0.706. The Kier molecular flexibility index (Phi) is 6.37. The number of methoxy groups -OCH3 is 1. The van der Waals surface area contributed by atoms with E-state index in [0.717, 1.165) is 6.26 Å². The summed E-state index contributed by atoms with van der Waals surface area (Å²) in [6, 6.07) is 0. The molecule has 0 radical (unpaired) electrons. The van der Waals surface area contributed by atoms with Crippen LogP contribution in [0.2, 0.25) is 0 Å². The third-order valence-electron chi connectivity index (χ3n) is 5.27. The fourth-order valence-corrected chi connectivity index (χ4v) is 3.79. The van der Waals surface area contributed by atoms with Crippen LogP contribution in [-0.4, -0.2) is 100 Å². The molecular weight excluding hydrogens is 380 g/mol. The lowest BCUT2D eigenvalue weighted by atomic mass is 9.82. The van der Waals surface area contributed by atoms with E-state index in [1.165, 1.54) is 13.2 Å². The molecule has 11 heteroatoms. The standard InChI is InChI=1S/C17H24O11/c1-25-15(24)7-5-26-16(10-6(3-18)2-8(20)11(7)10)28-17-14(23)13(22)12(21)9(4-19)27-17/h2,5,8-14,16-23H,3-4H2,1H3/t8?,9-,10?,11?,12-,13-,14-,16?,17+/m1/s1. The van der Waals surface area contributed by atoms with E-state index >= 15 is 0 Å². The first-order valence-electron chi connectivity index (χ1n) is 8.73. The molecule has 0 amide bonds. The van der Waals surface area contributed by atoms with Crippen LogP contribution in [0.4, 0.5) is 0 Å². The number of hydrogen-bond donors (Lipinski definition) is 6. The number of hydrogen-bond acceptors (Lipinski definition) is 11. The quantitative estimate of drug-likeness (QED) is 0.200. The number of carbonyl (C=O) groups is 1. The zero-order chi connectivity index (χ0) is 20.6. The van der Waals surface area contributed by atoms with Crippen LogP contribution >= 0.6 is 0 Å². The number of rotatable bonds is 5. The molecule has 0 saturated carbocycles. The molecule has 4 unspecified atom stereocenters. The summed E-state index contributed by atoms with van der Waals surface area (Å²) in [5, 5.41) is 59.1. The molecule has 0 aromatic heterocycles. The van der Waals surface area contributed by atoms with Crippen LogP contribution in [0, 0.1) is 11.8 Å². The van der Waals surface area contributed by atoms with E-state index in [2.05, 4.69) is 0 Å². The van der Waals surface area contributed by atoms with Gasteiger partial charge in [-0.1, -0.05) is 6.08 Å². The molecular formula is C17H24O11. The Morgan fingerprint density at radius 3 is 2.39 bits per heavy atom. The first kappa shape index (κ1) is 21.1. The van der Waals surface area contributed by atoms with E-state index in [9.17, 15) is 35.4 Å². The maximum absolute atomic E-state index is 12.0. The topological polar surface area (TPSA) is 175 Å². The van der Waals surface area contributed by atoms with Crippen molar-refractivity contribution in [2.45, 2.75) is 43.1 Å². The average molecular weight is 404 g/mol. The van der Waals surface area contributed by atoms with Crippen LogP contribution in [0.3, 0.4) is 0 Å². The summed E-state index contributed by atoms with van der Waals surface area (Å²) < 4.78 is 21.1. The van der Waals surface area contributed by atoms with E-state index < -0.39 is 74.1 Å². The summed E-state index contributed by atoms with van der Waals surface area (Å²) in [4.78, 5) is 12.0. The molecule has 1 aliphatic carbocycles. The maximum Gasteiger partial charge on any atom is 0.337 e. The molecule has 1 fully saturated rings. The van der Waals surface area contributed by atoms with Crippen LogP contribution in [-0.2, 0) is 23.7 Å². The van der Waals surface area contributed by atoms with Gasteiger partial charge in [-0.05, 0) is 5.57 Å². The van der Waals surface area contributed by atoms with E-state index in [4.69, 9.17) is 18.9 Å². The Balaban J connectivity index is 1.84. The van der Waals surface area contributed by atoms with Crippen molar-refractivity contribution in [3.8, 4) is 0 Å². The highest BCUT2D eigenvalue weighted by Crippen LogP contribution is 2.44. The zero-order valence-electron chi connectivity index (χ0n) is 15.0. The number of ether oxygens (including phenoxy) is 4. The maximum atomic E-state index is 12.0. The minimum Gasteiger partial charge on any atom is -0.471 e. The molecule has 0 spiro atoms. The number of aliphatic hydroxyl groups is 6. The summed E-state index contributed by atoms with van der Waals surface area (Å²) in [6.07, 6.45) is -7.36. The molecule has 0 aromatic carbocycles. The van der Waals surface area contributed by atoms with E-state index in [-0.39, 0.29) is 5.57 Å². The molecule has 158 valence electrons. The highest BCUT2D eigenvalue weighted by atomic mass is 16.8. The Bertz CT molecular complexity index is 645. The predicted molar refractivity (Wildman–Crippen MR) is 88.0 cm³/mol. The van der Waals surface area contributed by atoms with Gasteiger partial charge >= 0.3 is 5.97 Å². The minimum absolute atomic E-state index is 0.0494. The summed E-state index contributed by atoms with van der Waals surface area (Å²) in [5.74, 6) is -2.34. The normalized spacial score (nSPS) is 42.9. The summed E-state index contributed by atoms with van der Waals surface area (Å²) in [5.41, 5.74) is 0.398. The minimum atomic E-state index is -1.65. The third kappa shape index (κ3) is 3.55. The molecule has 3 rings (SSSR count). The van der Waals surface area contributed by atoms with Crippen molar-refractivity contribution in [1.29, 1.82) is 0 Å². The highest BCUT2D eigenvalue weighted by Gasteiger charge is 2.52. The van der Waals surface area contributed by atoms with Gasteiger partial charge in [0.15, 0.2) is 6.29 Å². The third-order valence-corrected chi connectivity index (χ3v) is 5.27. The van der Waals surface area contributed by atoms with Gasteiger partial charge in [0.1, 0.15) is 24.4 Å². The van der Waals surface area contributed by atoms with Crippen LogP contribution in [0.25, 0.3) is 0 Å². The van der Waals surface area contributed by atoms with E-state index in [1.54, 1.807) is 0 Å². The van der Waals surface area contributed by atoms with Crippen LogP contribution < -0.4 is 0 Å². The Morgan fingerprint density at radius 1 is 1.07 bits per heavy atom. The molecule has 3 aliphatic rings. The monoisotopic (exact) mass is 404 g/mol. The SMILES string of the molecule is COC(=O)C1=COC(O[C@@H]2O[C@H](CO)[C@@H](O)[C@@H](O)[C@H]2O)C2C(CO)=CC(O)C12. The van der Waals surface area contributed by atoms with E-state index in [0.29, 0.717) is 5.57 Å². The fourth-order valence-electron chi connectivity index (χ4n) is 3.79. The molecule has 6 N–H and O–H groups in total. The number of aliphatic hydroxyl groups excluding tert-OH is 6. The van der Waals surface area contributed by atoms with Gasteiger partial charge < -0.3 is 49.6 Å². The molecule has 11 nitrogen and oxygen atoms in total. The second-order valence-electron chi connectivity index (χ2n) is 6.84. The number of fused-ring (bicyclic) bond motifs is 1. The van der Waals surface area contributed by atoms with Crippen LogP contribution in [0.15, 0.2) is 23.5 Å². The Labute approximate surface area is 160 Å². The Hall–Kier alpha value is -1.57. The van der Waals surface area contributed by atoms with Gasteiger partial charge in [-0.15, -0.1) is 0 Å². The summed E-state index contributed by atoms with van der Waals surface area (Å²) >= 11 is 0. The molecule has 2 aliphatic heterocycles. The second kappa shape index (κ2) is 8.43. The number of carbonyl (C=O) groups excluding carboxylic acids is 1.